The Hall–Kier alpha value is -1.62. The SMILES string of the molecule is CCNc1ncc(Br)c(NC2CCCc3ccccc32)n1. The van der Waals surface area contributed by atoms with Gasteiger partial charge in [0.1, 0.15) is 5.82 Å². The quantitative estimate of drug-likeness (QED) is 0.872. The third-order valence-electron chi connectivity index (χ3n) is 3.76. The second-order valence-electron chi connectivity index (χ2n) is 5.21. The first-order valence-electron chi connectivity index (χ1n) is 7.38. The van der Waals surface area contributed by atoms with E-state index in [9.17, 15) is 0 Å². The highest BCUT2D eigenvalue weighted by atomic mass is 79.9. The van der Waals surface area contributed by atoms with Crippen molar-refractivity contribution in [2.45, 2.75) is 32.2 Å². The van der Waals surface area contributed by atoms with E-state index < -0.39 is 0 Å². The Balaban J connectivity index is 1.86. The van der Waals surface area contributed by atoms with Crippen molar-refractivity contribution in [3.63, 3.8) is 0 Å². The Bertz CT molecular complexity index is 629. The molecule has 0 bridgehead atoms. The van der Waals surface area contributed by atoms with Gasteiger partial charge in [-0.25, -0.2) is 4.98 Å². The van der Waals surface area contributed by atoms with Gasteiger partial charge in [0.2, 0.25) is 5.95 Å². The highest BCUT2D eigenvalue weighted by Gasteiger charge is 2.20. The maximum absolute atomic E-state index is 4.55. The summed E-state index contributed by atoms with van der Waals surface area (Å²) in [5.74, 6) is 1.51. The van der Waals surface area contributed by atoms with E-state index in [1.807, 2.05) is 6.92 Å². The van der Waals surface area contributed by atoms with Crippen molar-refractivity contribution < 1.29 is 0 Å². The van der Waals surface area contributed by atoms with Crippen LogP contribution >= 0.6 is 15.9 Å². The van der Waals surface area contributed by atoms with Crippen LogP contribution in [0.4, 0.5) is 11.8 Å². The van der Waals surface area contributed by atoms with Gasteiger partial charge in [-0.15, -0.1) is 0 Å². The van der Waals surface area contributed by atoms with Gasteiger partial charge in [-0.3, -0.25) is 0 Å². The van der Waals surface area contributed by atoms with E-state index in [1.165, 1.54) is 24.0 Å². The predicted molar refractivity (Wildman–Crippen MR) is 89.6 cm³/mol. The number of fused-ring (bicyclic) bond motifs is 1. The number of anilines is 2. The lowest BCUT2D eigenvalue weighted by molar-refractivity contribution is 0.598. The molecule has 1 unspecified atom stereocenters. The summed E-state index contributed by atoms with van der Waals surface area (Å²) >= 11 is 3.53. The molecular formula is C16H19BrN4. The van der Waals surface area contributed by atoms with E-state index in [4.69, 9.17) is 0 Å². The molecule has 3 rings (SSSR count). The van der Waals surface area contributed by atoms with Gasteiger partial charge in [0, 0.05) is 12.7 Å². The Morgan fingerprint density at radius 3 is 3.05 bits per heavy atom. The Morgan fingerprint density at radius 1 is 1.33 bits per heavy atom. The smallest absolute Gasteiger partial charge is 0.224 e. The number of nitrogens with zero attached hydrogens (tertiary/aromatic N) is 2. The highest BCUT2D eigenvalue weighted by Crippen LogP contribution is 2.33. The van der Waals surface area contributed by atoms with Gasteiger partial charge in [0.05, 0.1) is 10.5 Å². The average molecular weight is 347 g/mol. The second kappa shape index (κ2) is 6.43. The van der Waals surface area contributed by atoms with E-state index in [0.29, 0.717) is 12.0 Å². The van der Waals surface area contributed by atoms with Crippen LogP contribution in [0.5, 0.6) is 0 Å². The van der Waals surface area contributed by atoms with Gasteiger partial charge >= 0.3 is 0 Å². The third-order valence-corrected chi connectivity index (χ3v) is 4.34. The summed E-state index contributed by atoms with van der Waals surface area (Å²) in [5.41, 5.74) is 2.83. The molecule has 0 fully saturated rings. The van der Waals surface area contributed by atoms with Crippen LogP contribution in [0, 0.1) is 0 Å². The molecule has 110 valence electrons. The summed E-state index contributed by atoms with van der Waals surface area (Å²) in [6.45, 7) is 2.85. The van der Waals surface area contributed by atoms with Gasteiger partial charge in [0.15, 0.2) is 0 Å². The molecule has 0 aliphatic heterocycles. The zero-order valence-corrected chi connectivity index (χ0v) is 13.7. The normalized spacial score (nSPS) is 17.1. The summed E-state index contributed by atoms with van der Waals surface area (Å²) < 4.78 is 0.896. The fourth-order valence-electron chi connectivity index (χ4n) is 2.78. The van der Waals surface area contributed by atoms with Gasteiger partial charge in [0.25, 0.3) is 0 Å². The molecular weight excluding hydrogens is 328 g/mol. The lowest BCUT2D eigenvalue weighted by Gasteiger charge is -2.27. The first-order valence-corrected chi connectivity index (χ1v) is 8.18. The van der Waals surface area contributed by atoms with Crippen molar-refractivity contribution >= 4 is 27.7 Å². The van der Waals surface area contributed by atoms with Crippen LogP contribution in [-0.4, -0.2) is 16.5 Å². The first kappa shape index (κ1) is 14.3. The first-order chi connectivity index (χ1) is 10.3. The summed E-state index contributed by atoms with van der Waals surface area (Å²) in [6.07, 6.45) is 5.30. The van der Waals surface area contributed by atoms with E-state index in [-0.39, 0.29) is 0 Å². The molecule has 0 saturated heterocycles. The minimum Gasteiger partial charge on any atom is -0.362 e. The highest BCUT2D eigenvalue weighted by molar-refractivity contribution is 9.10. The summed E-state index contributed by atoms with van der Waals surface area (Å²) in [6, 6.07) is 8.98. The number of halogens is 1. The number of aryl methyl sites for hydroxylation is 1. The molecule has 1 aliphatic carbocycles. The fourth-order valence-corrected chi connectivity index (χ4v) is 3.09. The predicted octanol–water partition coefficient (Wildman–Crippen LogP) is 4.16. The van der Waals surface area contributed by atoms with E-state index in [0.717, 1.165) is 23.3 Å². The number of hydrogen-bond acceptors (Lipinski definition) is 4. The maximum atomic E-state index is 4.55. The molecule has 2 N–H and O–H groups in total. The maximum Gasteiger partial charge on any atom is 0.224 e. The van der Waals surface area contributed by atoms with E-state index in [1.54, 1.807) is 6.20 Å². The topological polar surface area (TPSA) is 49.8 Å². The van der Waals surface area contributed by atoms with E-state index in [2.05, 4.69) is 60.8 Å². The standard InChI is InChI=1S/C16H19BrN4/c1-2-18-16-19-10-13(17)15(21-16)20-14-9-5-7-11-6-3-4-8-12(11)14/h3-4,6,8,10,14H,2,5,7,9H2,1H3,(H2,18,19,20,21). The number of hydrogen-bond donors (Lipinski definition) is 2. The monoisotopic (exact) mass is 346 g/mol. The molecule has 0 saturated carbocycles. The largest absolute Gasteiger partial charge is 0.362 e. The number of benzene rings is 1. The van der Waals surface area contributed by atoms with Crippen LogP contribution in [-0.2, 0) is 6.42 Å². The lowest BCUT2D eigenvalue weighted by Crippen LogP contribution is -2.18. The Kier molecular flexibility index (Phi) is 4.39. The van der Waals surface area contributed by atoms with Crippen LogP contribution in [0.3, 0.4) is 0 Å². The lowest BCUT2D eigenvalue weighted by atomic mass is 9.88. The summed E-state index contributed by atoms with van der Waals surface area (Å²) in [4.78, 5) is 8.81. The van der Waals surface area contributed by atoms with Gasteiger partial charge in [-0.1, -0.05) is 24.3 Å². The molecule has 2 aromatic rings. The molecule has 0 spiro atoms. The molecule has 21 heavy (non-hydrogen) atoms. The minimum absolute atomic E-state index is 0.315. The Morgan fingerprint density at radius 2 is 2.19 bits per heavy atom. The van der Waals surface area contributed by atoms with Crippen LogP contribution < -0.4 is 10.6 Å². The molecule has 0 radical (unpaired) electrons. The minimum atomic E-state index is 0.315. The molecule has 1 aromatic carbocycles. The van der Waals surface area contributed by atoms with Gasteiger partial charge in [-0.05, 0) is 53.2 Å². The third kappa shape index (κ3) is 3.18. The van der Waals surface area contributed by atoms with Gasteiger partial charge in [-0.2, -0.15) is 4.98 Å². The Labute approximate surface area is 133 Å². The average Bonchev–Trinajstić information content (AvgIpc) is 2.51. The zero-order chi connectivity index (χ0) is 14.7. The molecule has 1 aromatic heterocycles. The molecule has 1 aliphatic rings. The summed E-state index contributed by atoms with van der Waals surface area (Å²) in [5, 5.41) is 6.71. The van der Waals surface area contributed by atoms with Crippen molar-refractivity contribution in [2.24, 2.45) is 0 Å². The number of aromatic nitrogens is 2. The summed E-state index contributed by atoms with van der Waals surface area (Å²) in [7, 11) is 0. The number of rotatable bonds is 4. The van der Waals surface area contributed by atoms with Crippen molar-refractivity contribution in [3.8, 4) is 0 Å². The van der Waals surface area contributed by atoms with Crippen molar-refractivity contribution in [2.75, 3.05) is 17.2 Å². The second-order valence-corrected chi connectivity index (χ2v) is 6.06. The molecule has 4 nitrogen and oxygen atoms in total. The fraction of sp³-hybridized carbons (Fsp3) is 0.375. The number of nitrogens with one attached hydrogen (secondary N) is 2. The molecule has 5 heteroatoms. The van der Waals surface area contributed by atoms with Crippen molar-refractivity contribution in [1.82, 2.24) is 9.97 Å². The van der Waals surface area contributed by atoms with Gasteiger partial charge < -0.3 is 10.6 Å². The molecule has 1 atom stereocenters. The van der Waals surface area contributed by atoms with Crippen molar-refractivity contribution in [3.05, 3.63) is 46.1 Å². The molecule has 1 heterocycles. The van der Waals surface area contributed by atoms with Crippen LogP contribution in [0.15, 0.2) is 34.9 Å². The van der Waals surface area contributed by atoms with Crippen LogP contribution in [0.25, 0.3) is 0 Å². The molecule has 0 amide bonds. The van der Waals surface area contributed by atoms with Crippen molar-refractivity contribution in [1.29, 1.82) is 0 Å². The van der Waals surface area contributed by atoms with Crippen LogP contribution in [0.2, 0.25) is 0 Å². The zero-order valence-electron chi connectivity index (χ0n) is 12.1. The van der Waals surface area contributed by atoms with Crippen LogP contribution in [0.1, 0.15) is 36.9 Å². The van der Waals surface area contributed by atoms with E-state index >= 15 is 0 Å².